The van der Waals surface area contributed by atoms with E-state index in [0.29, 0.717) is 23.3 Å². The average Bonchev–Trinajstić information content (AvgIpc) is 3.49. The molecule has 4 nitrogen and oxygen atoms in total. The van der Waals surface area contributed by atoms with Crippen molar-refractivity contribution in [1.82, 2.24) is 14.5 Å². The van der Waals surface area contributed by atoms with Gasteiger partial charge in [-0.25, -0.2) is 4.98 Å². The zero-order valence-electron chi connectivity index (χ0n) is 19.0. The number of aromatic nitrogens is 2. The van der Waals surface area contributed by atoms with Crippen molar-refractivity contribution < 1.29 is 4.42 Å². The Hall–Kier alpha value is -2.07. The second-order valence-corrected chi connectivity index (χ2v) is 10.6. The number of benzene rings is 1. The van der Waals surface area contributed by atoms with Crippen LogP contribution in [0.2, 0.25) is 0 Å². The Labute approximate surface area is 184 Å². The van der Waals surface area contributed by atoms with E-state index in [9.17, 15) is 0 Å². The zero-order valence-corrected chi connectivity index (χ0v) is 19.0. The molecule has 1 saturated carbocycles. The first kappa shape index (κ1) is 18.5. The summed E-state index contributed by atoms with van der Waals surface area (Å²) in [7, 11) is 0. The smallest absolute Gasteiger partial charge is 0.218 e. The molecule has 1 aromatic carbocycles. The van der Waals surface area contributed by atoms with E-state index in [2.05, 4.69) is 54.5 Å². The van der Waals surface area contributed by atoms with Crippen molar-refractivity contribution in [2.75, 3.05) is 13.1 Å². The predicted octanol–water partition coefficient (Wildman–Crippen LogP) is 6.14. The van der Waals surface area contributed by atoms with Crippen LogP contribution in [0.4, 0.5) is 0 Å². The third kappa shape index (κ3) is 2.27. The van der Waals surface area contributed by atoms with Crippen molar-refractivity contribution in [3.63, 3.8) is 0 Å². The second-order valence-electron chi connectivity index (χ2n) is 10.6. The molecule has 1 aliphatic carbocycles. The number of nitrogens with zero attached hydrogens (tertiary/aromatic N) is 3. The van der Waals surface area contributed by atoms with Crippen LogP contribution >= 0.6 is 0 Å². The highest BCUT2D eigenvalue weighted by atomic mass is 16.4. The molecule has 7 rings (SSSR count). The molecular formula is C27H33N3O. The van der Waals surface area contributed by atoms with Crippen molar-refractivity contribution in [2.45, 2.75) is 77.3 Å². The van der Waals surface area contributed by atoms with Crippen molar-refractivity contribution >= 4 is 10.9 Å². The third-order valence-electron chi connectivity index (χ3n) is 9.33. The molecule has 0 bridgehead atoms. The lowest BCUT2D eigenvalue weighted by Gasteiger charge is -2.59. The van der Waals surface area contributed by atoms with Crippen LogP contribution in [0.5, 0.6) is 0 Å². The summed E-state index contributed by atoms with van der Waals surface area (Å²) in [5.74, 6) is 3.22. The lowest BCUT2D eigenvalue weighted by atomic mass is 9.58. The zero-order chi connectivity index (χ0) is 20.9. The summed E-state index contributed by atoms with van der Waals surface area (Å²) in [4.78, 5) is 7.91. The standard InChI is InChI=1S/C27H33N3O/c1-4-27-13-7-14-29-15-12-20-19-8-5-6-9-21(19)30(23(20)25(27)29)22(16(27)2)26-28-17(3)24(31-26)18-10-11-18/h5-6,8-9,16,18,22,25H,4,7,10-15H2,1-3H3/t16?,22?,25-,27+/m1/s1. The van der Waals surface area contributed by atoms with E-state index in [-0.39, 0.29) is 6.04 Å². The number of para-hydroxylation sites is 1. The van der Waals surface area contributed by atoms with Crippen LogP contribution in [0, 0.1) is 18.3 Å². The molecule has 4 atom stereocenters. The molecule has 2 unspecified atom stereocenters. The van der Waals surface area contributed by atoms with Gasteiger partial charge in [0.15, 0.2) is 0 Å². The van der Waals surface area contributed by atoms with Gasteiger partial charge in [0.1, 0.15) is 11.8 Å². The molecule has 0 amide bonds. The number of hydrogen-bond acceptors (Lipinski definition) is 3. The molecule has 3 aromatic rings. The Bertz CT molecular complexity index is 1180. The highest BCUT2D eigenvalue weighted by Crippen LogP contribution is 2.63. The number of oxazole rings is 1. The number of piperidine rings is 1. The molecule has 5 heterocycles. The van der Waals surface area contributed by atoms with Gasteiger partial charge >= 0.3 is 0 Å². The van der Waals surface area contributed by atoms with Crippen LogP contribution < -0.4 is 0 Å². The highest BCUT2D eigenvalue weighted by molar-refractivity contribution is 5.86. The first-order chi connectivity index (χ1) is 15.1. The minimum absolute atomic E-state index is 0.189. The monoisotopic (exact) mass is 415 g/mol. The summed E-state index contributed by atoms with van der Waals surface area (Å²) in [5.41, 5.74) is 5.98. The number of aryl methyl sites for hydroxylation is 1. The molecule has 162 valence electrons. The molecule has 0 N–H and O–H groups in total. The number of fused-ring (bicyclic) bond motifs is 3. The normalized spacial score (nSPS) is 32.4. The van der Waals surface area contributed by atoms with Gasteiger partial charge in [0.2, 0.25) is 5.89 Å². The minimum Gasteiger partial charge on any atom is -0.443 e. The third-order valence-corrected chi connectivity index (χ3v) is 9.33. The van der Waals surface area contributed by atoms with Gasteiger partial charge in [-0.15, -0.1) is 0 Å². The second kappa shape index (κ2) is 6.25. The van der Waals surface area contributed by atoms with Crippen LogP contribution in [0.1, 0.15) is 92.6 Å². The largest absolute Gasteiger partial charge is 0.443 e. The van der Waals surface area contributed by atoms with E-state index in [4.69, 9.17) is 9.40 Å². The Morgan fingerprint density at radius 1 is 1.19 bits per heavy atom. The fourth-order valence-electron chi connectivity index (χ4n) is 7.71. The molecule has 1 saturated heterocycles. The SMILES string of the molecule is CC[C@]12CCCN3CCc4c(n(c5ccccc45)C(c4nc(C)c(C5CC5)o4)C1C)[C@@H]32. The average molecular weight is 416 g/mol. The van der Waals surface area contributed by atoms with Gasteiger partial charge in [-0.1, -0.05) is 32.0 Å². The van der Waals surface area contributed by atoms with Gasteiger partial charge in [0.25, 0.3) is 0 Å². The van der Waals surface area contributed by atoms with Crippen LogP contribution in [0.3, 0.4) is 0 Å². The van der Waals surface area contributed by atoms with Gasteiger partial charge in [-0.05, 0) is 75.0 Å². The highest BCUT2D eigenvalue weighted by Gasteiger charge is 2.58. The van der Waals surface area contributed by atoms with Crippen LogP contribution in [-0.2, 0) is 6.42 Å². The van der Waals surface area contributed by atoms with Gasteiger partial charge in [-0.3, -0.25) is 4.90 Å². The van der Waals surface area contributed by atoms with E-state index < -0.39 is 0 Å². The molecule has 2 fully saturated rings. The fourth-order valence-corrected chi connectivity index (χ4v) is 7.71. The molecule has 2 aromatic heterocycles. The van der Waals surface area contributed by atoms with Crippen LogP contribution in [-0.4, -0.2) is 27.5 Å². The maximum atomic E-state index is 6.63. The Balaban J connectivity index is 1.54. The quantitative estimate of drug-likeness (QED) is 0.515. The minimum atomic E-state index is 0.189. The van der Waals surface area contributed by atoms with Crippen molar-refractivity contribution in [3.8, 4) is 0 Å². The first-order valence-corrected chi connectivity index (χ1v) is 12.5. The lowest BCUT2D eigenvalue weighted by molar-refractivity contribution is -0.0717. The maximum Gasteiger partial charge on any atom is 0.218 e. The summed E-state index contributed by atoms with van der Waals surface area (Å²) in [6.45, 7) is 9.53. The summed E-state index contributed by atoms with van der Waals surface area (Å²) in [6, 6.07) is 9.82. The van der Waals surface area contributed by atoms with Gasteiger partial charge in [-0.2, -0.15) is 0 Å². The lowest BCUT2D eigenvalue weighted by Crippen LogP contribution is -2.56. The Morgan fingerprint density at radius 3 is 2.84 bits per heavy atom. The van der Waals surface area contributed by atoms with Gasteiger partial charge in [0, 0.05) is 29.1 Å². The van der Waals surface area contributed by atoms with E-state index in [0.717, 1.165) is 23.8 Å². The topological polar surface area (TPSA) is 34.2 Å². The van der Waals surface area contributed by atoms with Crippen LogP contribution in [0.15, 0.2) is 28.7 Å². The number of rotatable bonds is 3. The summed E-state index contributed by atoms with van der Waals surface area (Å²) in [5, 5.41) is 1.46. The van der Waals surface area contributed by atoms with Gasteiger partial charge < -0.3 is 8.98 Å². The van der Waals surface area contributed by atoms with Crippen molar-refractivity contribution in [1.29, 1.82) is 0 Å². The fraction of sp³-hybridized carbons (Fsp3) is 0.593. The molecule has 0 radical (unpaired) electrons. The summed E-state index contributed by atoms with van der Waals surface area (Å²) < 4.78 is 9.31. The molecule has 4 aliphatic rings. The van der Waals surface area contributed by atoms with Gasteiger partial charge in [0.05, 0.1) is 11.7 Å². The Morgan fingerprint density at radius 2 is 2.03 bits per heavy atom. The molecular weight excluding hydrogens is 382 g/mol. The van der Waals surface area contributed by atoms with E-state index in [1.165, 1.54) is 56.1 Å². The van der Waals surface area contributed by atoms with E-state index in [1.807, 2.05) is 0 Å². The van der Waals surface area contributed by atoms with Crippen molar-refractivity contribution in [2.24, 2.45) is 11.3 Å². The molecule has 4 heteroatoms. The summed E-state index contributed by atoms with van der Waals surface area (Å²) in [6.07, 6.45) is 7.54. The first-order valence-electron chi connectivity index (χ1n) is 12.5. The van der Waals surface area contributed by atoms with Crippen molar-refractivity contribution in [3.05, 3.63) is 52.9 Å². The van der Waals surface area contributed by atoms with E-state index in [1.54, 1.807) is 11.3 Å². The predicted molar refractivity (Wildman–Crippen MR) is 122 cm³/mol. The number of hydrogen-bond donors (Lipinski definition) is 0. The molecule has 31 heavy (non-hydrogen) atoms. The maximum absolute atomic E-state index is 6.63. The molecule has 3 aliphatic heterocycles. The Kier molecular flexibility index (Phi) is 3.73. The summed E-state index contributed by atoms with van der Waals surface area (Å²) >= 11 is 0. The van der Waals surface area contributed by atoms with E-state index >= 15 is 0 Å². The molecule has 0 spiro atoms. The van der Waals surface area contributed by atoms with Crippen LogP contribution in [0.25, 0.3) is 10.9 Å².